The van der Waals surface area contributed by atoms with Gasteiger partial charge >= 0.3 is 5.97 Å². The van der Waals surface area contributed by atoms with Crippen molar-refractivity contribution < 1.29 is 19.5 Å². The number of nitrogens with zero attached hydrogens (tertiary/aromatic N) is 1. The standard InChI is InChI=1S/C9H12N4O4/c1-2-10-5(14)3-11-8(15)6-7(9(16)17)13-4-12-6/h4H,2-3H2,1H3,(H,10,14)(H,11,15)(H,12,13)(H,16,17). The van der Waals surface area contributed by atoms with Crippen LogP contribution in [0.3, 0.4) is 0 Å². The molecule has 0 aliphatic rings. The molecule has 0 fully saturated rings. The van der Waals surface area contributed by atoms with Gasteiger partial charge in [0, 0.05) is 6.54 Å². The summed E-state index contributed by atoms with van der Waals surface area (Å²) in [7, 11) is 0. The van der Waals surface area contributed by atoms with Crippen molar-refractivity contribution in [3.63, 3.8) is 0 Å². The lowest BCUT2D eigenvalue weighted by atomic mass is 10.3. The van der Waals surface area contributed by atoms with E-state index in [4.69, 9.17) is 5.11 Å². The lowest BCUT2D eigenvalue weighted by Gasteiger charge is -2.03. The van der Waals surface area contributed by atoms with Crippen molar-refractivity contribution in [2.45, 2.75) is 6.92 Å². The zero-order chi connectivity index (χ0) is 12.8. The van der Waals surface area contributed by atoms with Gasteiger partial charge in [0.05, 0.1) is 12.9 Å². The summed E-state index contributed by atoms with van der Waals surface area (Å²) in [6.07, 6.45) is 1.10. The molecule has 1 rings (SSSR count). The highest BCUT2D eigenvalue weighted by molar-refractivity contribution is 6.03. The smallest absolute Gasteiger partial charge is 0.354 e. The van der Waals surface area contributed by atoms with Crippen molar-refractivity contribution in [3.05, 3.63) is 17.7 Å². The van der Waals surface area contributed by atoms with E-state index in [2.05, 4.69) is 20.6 Å². The molecular formula is C9H12N4O4. The second-order valence-electron chi connectivity index (χ2n) is 3.07. The molecule has 4 N–H and O–H groups in total. The molecule has 1 aromatic rings. The van der Waals surface area contributed by atoms with Crippen LogP contribution < -0.4 is 10.6 Å². The Morgan fingerprint density at radius 1 is 1.41 bits per heavy atom. The number of aromatic carboxylic acids is 1. The van der Waals surface area contributed by atoms with E-state index in [-0.39, 0.29) is 23.8 Å². The Hall–Kier alpha value is -2.38. The highest BCUT2D eigenvalue weighted by atomic mass is 16.4. The zero-order valence-corrected chi connectivity index (χ0v) is 9.11. The third-order valence-corrected chi connectivity index (χ3v) is 1.85. The molecule has 0 radical (unpaired) electrons. The largest absolute Gasteiger partial charge is 0.477 e. The number of rotatable bonds is 5. The fourth-order valence-electron chi connectivity index (χ4n) is 1.13. The maximum Gasteiger partial charge on any atom is 0.354 e. The molecule has 0 atom stereocenters. The highest BCUT2D eigenvalue weighted by Crippen LogP contribution is 2.01. The lowest BCUT2D eigenvalue weighted by Crippen LogP contribution is -2.37. The van der Waals surface area contributed by atoms with Crippen LogP contribution in [0.25, 0.3) is 0 Å². The fraction of sp³-hybridized carbons (Fsp3) is 0.333. The Morgan fingerprint density at radius 2 is 2.12 bits per heavy atom. The number of likely N-dealkylation sites (N-methyl/N-ethyl adjacent to an activating group) is 1. The predicted octanol–water partition coefficient (Wildman–Crippen LogP) is -1.03. The topological polar surface area (TPSA) is 124 Å². The van der Waals surface area contributed by atoms with Crippen molar-refractivity contribution in [2.75, 3.05) is 13.1 Å². The van der Waals surface area contributed by atoms with Gasteiger partial charge in [-0.1, -0.05) is 0 Å². The molecule has 0 bridgehead atoms. The molecule has 1 aromatic heterocycles. The van der Waals surface area contributed by atoms with E-state index in [1.54, 1.807) is 6.92 Å². The Balaban J connectivity index is 2.61. The molecule has 0 saturated carbocycles. The zero-order valence-electron chi connectivity index (χ0n) is 9.11. The SMILES string of the molecule is CCNC(=O)CNC(=O)c1nc[nH]c1C(=O)O. The van der Waals surface area contributed by atoms with Gasteiger partial charge in [0.1, 0.15) is 0 Å². The molecule has 0 aliphatic carbocycles. The van der Waals surface area contributed by atoms with Crippen molar-refractivity contribution in [3.8, 4) is 0 Å². The van der Waals surface area contributed by atoms with Gasteiger partial charge in [-0.2, -0.15) is 0 Å². The van der Waals surface area contributed by atoms with Gasteiger partial charge in [0.2, 0.25) is 5.91 Å². The van der Waals surface area contributed by atoms with Crippen LogP contribution in [-0.2, 0) is 4.79 Å². The second-order valence-corrected chi connectivity index (χ2v) is 3.07. The first kappa shape index (κ1) is 12.7. The summed E-state index contributed by atoms with van der Waals surface area (Å²) >= 11 is 0. The molecule has 0 spiro atoms. The highest BCUT2D eigenvalue weighted by Gasteiger charge is 2.19. The summed E-state index contributed by atoms with van der Waals surface area (Å²) in [6, 6.07) is 0. The molecule has 0 aliphatic heterocycles. The van der Waals surface area contributed by atoms with E-state index in [1.165, 1.54) is 0 Å². The third kappa shape index (κ3) is 3.30. The normalized spacial score (nSPS) is 9.71. The number of imidazole rings is 1. The van der Waals surface area contributed by atoms with Gasteiger partial charge < -0.3 is 20.7 Å². The number of amides is 2. The van der Waals surface area contributed by atoms with E-state index < -0.39 is 11.9 Å². The number of carboxylic acid groups (broad SMARTS) is 1. The second kappa shape index (κ2) is 5.64. The van der Waals surface area contributed by atoms with Gasteiger partial charge in [0.15, 0.2) is 11.4 Å². The molecule has 17 heavy (non-hydrogen) atoms. The van der Waals surface area contributed by atoms with Gasteiger partial charge in [-0.3, -0.25) is 9.59 Å². The maximum atomic E-state index is 11.5. The Labute approximate surface area is 96.4 Å². The minimum absolute atomic E-state index is 0.224. The average molecular weight is 240 g/mol. The summed E-state index contributed by atoms with van der Waals surface area (Å²) in [5.74, 6) is -2.35. The quantitative estimate of drug-likeness (QED) is 0.524. The van der Waals surface area contributed by atoms with Gasteiger partial charge in [-0.05, 0) is 6.92 Å². The Bertz CT molecular complexity index is 440. The first-order valence-electron chi connectivity index (χ1n) is 4.87. The van der Waals surface area contributed by atoms with Crippen molar-refractivity contribution in [1.29, 1.82) is 0 Å². The molecule has 92 valence electrons. The molecule has 0 unspecified atom stereocenters. The van der Waals surface area contributed by atoms with Crippen LogP contribution >= 0.6 is 0 Å². The number of carboxylic acids is 1. The van der Waals surface area contributed by atoms with Crippen LogP contribution in [0.2, 0.25) is 0 Å². The molecule has 8 heteroatoms. The van der Waals surface area contributed by atoms with E-state index in [1.807, 2.05) is 0 Å². The van der Waals surface area contributed by atoms with Gasteiger partial charge in [-0.15, -0.1) is 0 Å². The number of hydrogen-bond donors (Lipinski definition) is 4. The first-order chi connectivity index (χ1) is 8.06. The first-order valence-corrected chi connectivity index (χ1v) is 4.87. The number of hydrogen-bond acceptors (Lipinski definition) is 4. The molecule has 0 saturated heterocycles. The van der Waals surface area contributed by atoms with Gasteiger partial charge in [-0.25, -0.2) is 9.78 Å². The number of H-pyrrole nitrogens is 1. The molecular weight excluding hydrogens is 228 g/mol. The number of nitrogens with one attached hydrogen (secondary N) is 3. The van der Waals surface area contributed by atoms with E-state index in [9.17, 15) is 14.4 Å². The van der Waals surface area contributed by atoms with Crippen molar-refractivity contribution in [1.82, 2.24) is 20.6 Å². The van der Waals surface area contributed by atoms with Crippen LogP contribution in [0.15, 0.2) is 6.33 Å². The monoisotopic (exact) mass is 240 g/mol. The number of aromatic amines is 1. The minimum Gasteiger partial charge on any atom is -0.477 e. The molecule has 0 aromatic carbocycles. The summed E-state index contributed by atoms with van der Waals surface area (Å²) < 4.78 is 0. The van der Waals surface area contributed by atoms with Crippen LogP contribution in [-0.4, -0.2) is 45.9 Å². The van der Waals surface area contributed by atoms with Crippen molar-refractivity contribution in [2.24, 2.45) is 0 Å². The summed E-state index contributed by atoms with van der Waals surface area (Å²) in [5.41, 5.74) is -0.555. The van der Waals surface area contributed by atoms with Crippen molar-refractivity contribution >= 4 is 17.8 Å². The average Bonchev–Trinajstić information content (AvgIpc) is 2.75. The summed E-state index contributed by atoms with van der Waals surface area (Å²) in [6.45, 7) is 1.98. The van der Waals surface area contributed by atoms with E-state index in [0.717, 1.165) is 6.33 Å². The number of carbonyl (C=O) groups is 3. The van der Waals surface area contributed by atoms with E-state index >= 15 is 0 Å². The number of carbonyl (C=O) groups excluding carboxylic acids is 2. The van der Waals surface area contributed by atoms with Gasteiger partial charge in [0.25, 0.3) is 5.91 Å². The Kier molecular flexibility index (Phi) is 4.21. The summed E-state index contributed by atoms with van der Waals surface area (Å²) in [5, 5.41) is 13.5. The third-order valence-electron chi connectivity index (χ3n) is 1.85. The maximum absolute atomic E-state index is 11.5. The van der Waals surface area contributed by atoms with E-state index in [0.29, 0.717) is 6.54 Å². The van der Waals surface area contributed by atoms with Crippen LogP contribution in [0.1, 0.15) is 27.9 Å². The summed E-state index contributed by atoms with van der Waals surface area (Å²) in [4.78, 5) is 39.2. The predicted molar refractivity (Wildman–Crippen MR) is 56.6 cm³/mol. The number of aromatic nitrogens is 2. The molecule has 2 amide bonds. The lowest BCUT2D eigenvalue weighted by molar-refractivity contribution is -0.120. The fourth-order valence-corrected chi connectivity index (χ4v) is 1.13. The van der Waals surface area contributed by atoms with Crippen LogP contribution in [0.4, 0.5) is 0 Å². The molecule has 8 nitrogen and oxygen atoms in total. The van der Waals surface area contributed by atoms with Crippen LogP contribution in [0, 0.1) is 0 Å². The minimum atomic E-state index is -1.29. The Morgan fingerprint density at radius 3 is 2.71 bits per heavy atom. The van der Waals surface area contributed by atoms with Crippen LogP contribution in [0.5, 0.6) is 0 Å². The molecule has 1 heterocycles.